The van der Waals surface area contributed by atoms with Gasteiger partial charge in [-0.3, -0.25) is 14.9 Å². The third-order valence-corrected chi connectivity index (χ3v) is 5.00. The predicted octanol–water partition coefficient (Wildman–Crippen LogP) is 1.50. The molecule has 7 heteroatoms. The zero-order valence-electron chi connectivity index (χ0n) is 14.0. The average Bonchev–Trinajstić information content (AvgIpc) is 3.12. The lowest BCUT2D eigenvalue weighted by molar-refractivity contribution is 0.247. The highest BCUT2D eigenvalue weighted by Gasteiger charge is 2.36. The maximum absolute atomic E-state index is 12.7. The molecule has 0 bridgehead atoms. The topological polar surface area (TPSA) is 91.3 Å². The first-order valence-corrected chi connectivity index (χ1v) is 8.59. The molecule has 2 fully saturated rings. The van der Waals surface area contributed by atoms with Crippen molar-refractivity contribution < 1.29 is 4.79 Å². The van der Waals surface area contributed by atoms with E-state index < -0.39 is 0 Å². The molecule has 3 atom stereocenters. The zero-order chi connectivity index (χ0) is 17.4. The van der Waals surface area contributed by atoms with Crippen LogP contribution in [0.1, 0.15) is 30.5 Å². The molecule has 1 aromatic carbocycles. The molecular formula is C18H21N5O2. The third kappa shape index (κ3) is 2.97. The van der Waals surface area contributed by atoms with Gasteiger partial charge in [0.15, 0.2) is 0 Å². The van der Waals surface area contributed by atoms with Gasteiger partial charge < -0.3 is 10.6 Å². The summed E-state index contributed by atoms with van der Waals surface area (Å²) in [6, 6.07) is 9.86. The fourth-order valence-corrected chi connectivity index (χ4v) is 3.64. The fraction of sp³-hybridized carbons (Fsp3) is 0.389. The Morgan fingerprint density at radius 1 is 1.12 bits per heavy atom. The Hall–Kier alpha value is -2.83. The molecule has 2 aliphatic rings. The number of H-pyrrole nitrogens is 1. The number of benzene rings is 1. The first-order valence-electron chi connectivity index (χ1n) is 8.59. The van der Waals surface area contributed by atoms with Crippen LogP contribution in [0.3, 0.4) is 0 Å². The van der Waals surface area contributed by atoms with Gasteiger partial charge >= 0.3 is 6.03 Å². The van der Waals surface area contributed by atoms with Gasteiger partial charge in [-0.25, -0.2) is 9.48 Å². The summed E-state index contributed by atoms with van der Waals surface area (Å²) in [6.07, 6.45) is 4.31. The first kappa shape index (κ1) is 15.7. The van der Waals surface area contributed by atoms with Crippen LogP contribution in [-0.2, 0) is 0 Å². The van der Waals surface area contributed by atoms with E-state index >= 15 is 0 Å². The second kappa shape index (κ2) is 6.23. The van der Waals surface area contributed by atoms with Gasteiger partial charge in [-0.1, -0.05) is 18.2 Å². The molecule has 1 aromatic heterocycles. The SMILES string of the molecule is Cc1[nH]n(-c2ccccc2)c(=O)c1C=NC1CCC2NC(=O)NC2C1. The Balaban J connectivity index is 1.53. The molecule has 2 aromatic rings. The van der Waals surface area contributed by atoms with Crippen LogP contribution in [0.2, 0.25) is 0 Å². The highest BCUT2D eigenvalue weighted by atomic mass is 16.2. The van der Waals surface area contributed by atoms with Crippen molar-refractivity contribution >= 4 is 12.2 Å². The van der Waals surface area contributed by atoms with Crippen LogP contribution in [0, 0.1) is 6.92 Å². The number of urea groups is 1. The van der Waals surface area contributed by atoms with E-state index in [1.54, 1.807) is 6.21 Å². The van der Waals surface area contributed by atoms with Crippen LogP contribution >= 0.6 is 0 Å². The number of fused-ring (bicyclic) bond motifs is 1. The van der Waals surface area contributed by atoms with E-state index in [1.807, 2.05) is 37.3 Å². The number of nitrogens with zero attached hydrogens (tertiary/aromatic N) is 2. The molecule has 2 amide bonds. The zero-order valence-corrected chi connectivity index (χ0v) is 14.0. The normalized spacial score (nSPS) is 25.6. The van der Waals surface area contributed by atoms with E-state index in [0.29, 0.717) is 5.56 Å². The Morgan fingerprint density at radius 3 is 2.68 bits per heavy atom. The number of para-hydroxylation sites is 1. The molecule has 7 nitrogen and oxygen atoms in total. The number of nitrogens with one attached hydrogen (secondary N) is 3. The van der Waals surface area contributed by atoms with Gasteiger partial charge in [-0.15, -0.1) is 0 Å². The lowest BCUT2D eigenvalue weighted by atomic mass is 9.88. The Kier molecular flexibility index (Phi) is 3.91. The molecule has 0 spiro atoms. The number of carbonyl (C=O) groups is 1. The van der Waals surface area contributed by atoms with Crippen molar-refractivity contribution in [2.45, 2.75) is 44.3 Å². The van der Waals surface area contributed by atoms with E-state index in [9.17, 15) is 9.59 Å². The van der Waals surface area contributed by atoms with Crippen LogP contribution < -0.4 is 16.2 Å². The number of aromatic amines is 1. The van der Waals surface area contributed by atoms with Crippen molar-refractivity contribution in [3.8, 4) is 5.69 Å². The number of hydrogen-bond donors (Lipinski definition) is 3. The van der Waals surface area contributed by atoms with E-state index in [2.05, 4.69) is 20.7 Å². The lowest BCUT2D eigenvalue weighted by Crippen LogP contribution is -2.40. The molecule has 1 saturated heterocycles. The monoisotopic (exact) mass is 339 g/mol. The average molecular weight is 339 g/mol. The molecule has 130 valence electrons. The molecule has 2 heterocycles. The van der Waals surface area contributed by atoms with Gasteiger partial charge in [0.25, 0.3) is 5.56 Å². The summed E-state index contributed by atoms with van der Waals surface area (Å²) in [4.78, 5) is 28.7. The van der Waals surface area contributed by atoms with Gasteiger partial charge in [0.1, 0.15) is 0 Å². The molecule has 1 saturated carbocycles. The minimum absolute atomic E-state index is 0.0909. The Bertz CT molecular complexity index is 867. The van der Waals surface area contributed by atoms with Crippen LogP contribution in [0.5, 0.6) is 0 Å². The summed E-state index contributed by atoms with van der Waals surface area (Å²) in [5, 5.41) is 8.97. The lowest BCUT2D eigenvalue weighted by Gasteiger charge is -2.28. The first-order chi connectivity index (χ1) is 12.1. The molecule has 1 aliphatic heterocycles. The number of rotatable bonds is 3. The van der Waals surface area contributed by atoms with Crippen molar-refractivity contribution in [3.63, 3.8) is 0 Å². The van der Waals surface area contributed by atoms with Gasteiger partial charge in [0, 0.05) is 11.9 Å². The second-order valence-electron chi connectivity index (χ2n) is 6.70. The van der Waals surface area contributed by atoms with Crippen molar-refractivity contribution in [2.24, 2.45) is 4.99 Å². The van der Waals surface area contributed by atoms with Crippen molar-refractivity contribution in [3.05, 3.63) is 51.9 Å². The largest absolute Gasteiger partial charge is 0.333 e. The molecule has 4 rings (SSSR count). The molecular weight excluding hydrogens is 318 g/mol. The number of hydrogen-bond acceptors (Lipinski definition) is 3. The van der Waals surface area contributed by atoms with Crippen molar-refractivity contribution in [1.29, 1.82) is 0 Å². The van der Waals surface area contributed by atoms with Crippen molar-refractivity contribution in [2.75, 3.05) is 0 Å². The molecule has 3 unspecified atom stereocenters. The quantitative estimate of drug-likeness (QED) is 0.740. The van der Waals surface area contributed by atoms with Gasteiger partial charge in [-0.2, -0.15) is 0 Å². The van der Waals surface area contributed by atoms with E-state index in [1.165, 1.54) is 4.68 Å². The van der Waals surface area contributed by atoms with Crippen LogP contribution in [0.15, 0.2) is 40.1 Å². The van der Waals surface area contributed by atoms with Gasteiger partial charge in [0.2, 0.25) is 0 Å². The number of aromatic nitrogens is 2. The standard InChI is InChI=1S/C18H21N5O2/c1-11-14(17(24)23(22-11)13-5-3-2-4-6-13)10-19-12-7-8-15-16(9-12)21-18(25)20-15/h2-6,10,12,15-16,22H,7-9H2,1H3,(H2,20,21,25). The fourth-order valence-electron chi connectivity index (χ4n) is 3.64. The van der Waals surface area contributed by atoms with Gasteiger partial charge in [0.05, 0.1) is 29.4 Å². The van der Waals surface area contributed by atoms with Gasteiger partial charge in [-0.05, 0) is 38.3 Å². The summed E-state index contributed by atoms with van der Waals surface area (Å²) in [7, 11) is 0. The Morgan fingerprint density at radius 2 is 1.88 bits per heavy atom. The highest BCUT2D eigenvalue weighted by Crippen LogP contribution is 2.24. The highest BCUT2D eigenvalue weighted by molar-refractivity contribution is 5.81. The molecule has 1 aliphatic carbocycles. The number of carbonyl (C=O) groups excluding carboxylic acids is 1. The molecule has 25 heavy (non-hydrogen) atoms. The molecule has 0 radical (unpaired) electrons. The van der Waals surface area contributed by atoms with Crippen LogP contribution in [-0.4, -0.2) is 40.2 Å². The third-order valence-electron chi connectivity index (χ3n) is 5.00. The number of amides is 2. The minimum atomic E-state index is -0.100. The Labute approximate surface area is 145 Å². The summed E-state index contributed by atoms with van der Waals surface area (Å²) >= 11 is 0. The smallest absolute Gasteiger partial charge is 0.315 e. The minimum Gasteiger partial charge on any atom is -0.333 e. The second-order valence-corrected chi connectivity index (χ2v) is 6.70. The molecule has 3 N–H and O–H groups in total. The van der Waals surface area contributed by atoms with Crippen molar-refractivity contribution in [1.82, 2.24) is 20.4 Å². The van der Waals surface area contributed by atoms with E-state index in [-0.39, 0.29) is 29.7 Å². The summed E-state index contributed by atoms with van der Waals surface area (Å²) in [5.74, 6) is 0. The summed E-state index contributed by atoms with van der Waals surface area (Å²) in [5.41, 5.74) is 2.08. The maximum atomic E-state index is 12.7. The predicted molar refractivity (Wildman–Crippen MR) is 95.6 cm³/mol. The van der Waals surface area contributed by atoms with Crippen LogP contribution in [0.4, 0.5) is 4.79 Å². The summed E-state index contributed by atoms with van der Waals surface area (Å²) in [6.45, 7) is 1.88. The maximum Gasteiger partial charge on any atom is 0.315 e. The van der Waals surface area contributed by atoms with E-state index in [0.717, 1.165) is 30.6 Å². The van der Waals surface area contributed by atoms with E-state index in [4.69, 9.17) is 0 Å². The number of aliphatic imine (C=N–C) groups is 1. The van der Waals surface area contributed by atoms with Crippen LogP contribution in [0.25, 0.3) is 5.69 Å². The summed E-state index contributed by atoms with van der Waals surface area (Å²) < 4.78 is 1.54. The number of aryl methyl sites for hydroxylation is 1.